The van der Waals surface area contributed by atoms with E-state index in [1.165, 1.54) is 0 Å². The number of carbonyl (C=O) groups is 3. The molecule has 1 saturated heterocycles. The lowest BCUT2D eigenvalue weighted by Crippen LogP contribution is -2.47. The lowest BCUT2D eigenvalue weighted by molar-refractivity contribution is -0.192. The summed E-state index contributed by atoms with van der Waals surface area (Å²) in [4.78, 5) is 37.8. The van der Waals surface area contributed by atoms with E-state index in [4.69, 9.17) is 9.90 Å². The molecule has 0 aromatic heterocycles. The van der Waals surface area contributed by atoms with Gasteiger partial charge < -0.3 is 20.2 Å². The smallest absolute Gasteiger partial charge is 0.475 e. The fraction of sp³-hybridized carbons (Fsp3) is 0.571. The summed E-state index contributed by atoms with van der Waals surface area (Å²) in [6.45, 7) is 8.66. The van der Waals surface area contributed by atoms with Gasteiger partial charge in [0.2, 0.25) is 5.91 Å². The zero-order valence-corrected chi connectivity index (χ0v) is 19.7. The second-order valence-corrected chi connectivity index (χ2v) is 8.58. The molecule has 32 heavy (non-hydrogen) atoms. The molecule has 1 aromatic carbocycles. The van der Waals surface area contributed by atoms with Crippen molar-refractivity contribution in [3.8, 4) is 0 Å². The summed E-state index contributed by atoms with van der Waals surface area (Å²) in [5, 5.41) is 10.4. The SMILES string of the molecule is CC(C)CCN(CCC(=O)N1CCNCC1)C(=O)c1ccc(Br)cc1.O=C(O)C(F)(F)F. The molecule has 1 aliphatic heterocycles. The quantitative estimate of drug-likeness (QED) is 0.571. The number of aliphatic carboxylic acids is 1. The Labute approximate surface area is 194 Å². The zero-order valence-electron chi connectivity index (χ0n) is 18.1. The Kier molecular flexibility index (Phi) is 11.7. The second-order valence-electron chi connectivity index (χ2n) is 7.67. The third kappa shape index (κ3) is 10.4. The number of carbonyl (C=O) groups excluding carboxylic acids is 2. The summed E-state index contributed by atoms with van der Waals surface area (Å²) >= 11 is 3.40. The first kappa shape index (κ1) is 27.9. The molecule has 2 amide bonds. The number of rotatable bonds is 7. The molecule has 0 unspecified atom stereocenters. The molecule has 0 atom stereocenters. The Morgan fingerprint density at radius 3 is 2.12 bits per heavy atom. The molecular weight excluding hydrogens is 495 g/mol. The van der Waals surface area contributed by atoms with E-state index < -0.39 is 12.1 Å². The molecule has 1 fully saturated rings. The molecule has 0 radical (unpaired) electrons. The summed E-state index contributed by atoms with van der Waals surface area (Å²) in [5.41, 5.74) is 0.668. The van der Waals surface area contributed by atoms with Crippen molar-refractivity contribution in [2.75, 3.05) is 39.3 Å². The largest absolute Gasteiger partial charge is 0.490 e. The molecule has 1 aliphatic rings. The second kappa shape index (κ2) is 13.4. The average molecular weight is 524 g/mol. The van der Waals surface area contributed by atoms with Crippen molar-refractivity contribution >= 4 is 33.7 Å². The summed E-state index contributed by atoms with van der Waals surface area (Å²) in [5.74, 6) is -2.10. The van der Waals surface area contributed by atoms with E-state index in [-0.39, 0.29) is 11.8 Å². The Bertz CT molecular complexity index is 752. The number of alkyl halides is 3. The fourth-order valence-corrected chi connectivity index (χ4v) is 3.07. The third-order valence-corrected chi connectivity index (χ3v) is 5.19. The molecule has 2 N–H and O–H groups in total. The van der Waals surface area contributed by atoms with Crippen molar-refractivity contribution in [3.05, 3.63) is 34.3 Å². The van der Waals surface area contributed by atoms with Gasteiger partial charge >= 0.3 is 12.1 Å². The van der Waals surface area contributed by atoms with E-state index in [2.05, 4.69) is 35.1 Å². The van der Waals surface area contributed by atoms with Crippen LogP contribution in [0.5, 0.6) is 0 Å². The first-order valence-corrected chi connectivity index (χ1v) is 11.0. The highest BCUT2D eigenvalue weighted by atomic mass is 79.9. The summed E-state index contributed by atoms with van der Waals surface area (Å²) in [7, 11) is 0. The lowest BCUT2D eigenvalue weighted by atomic mass is 10.1. The minimum Gasteiger partial charge on any atom is -0.475 e. The molecule has 0 saturated carbocycles. The monoisotopic (exact) mass is 523 g/mol. The van der Waals surface area contributed by atoms with Gasteiger partial charge in [0.1, 0.15) is 0 Å². The minimum atomic E-state index is -5.08. The van der Waals surface area contributed by atoms with Crippen LogP contribution in [0.2, 0.25) is 0 Å². The van der Waals surface area contributed by atoms with Crippen LogP contribution in [-0.2, 0) is 9.59 Å². The molecule has 180 valence electrons. The number of nitrogens with one attached hydrogen (secondary N) is 1. The highest BCUT2D eigenvalue weighted by molar-refractivity contribution is 9.10. The third-order valence-electron chi connectivity index (χ3n) is 4.66. The number of amides is 2. The summed E-state index contributed by atoms with van der Waals surface area (Å²) in [6.07, 6.45) is -3.76. The van der Waals surface area contributed by atoms with Crippen LogP contribution < -0.4 is 5.32 Å². The highest BCUT2D eigenvalue weighted by Gasteiger charge is 2.38. The van der Waals surface area contributed by atoms with Crippen molar-refractivity contribution in [2.45, 2.75) is 32.9 Å². The van der Waals surface area contributed by atoms with Gasteiger partial charge in [-0.1, -0.05) is 29.8 Å². The highest BCUT2D eigenvalue weighted by Crippen LogP contribution is 2.14. The molecule has 1 heterocycles. The number of hydrogen-bond acceptors (Lipinski definition) is 4. The maximum Gasteiger partial charge on any atom is 0.490 e. The van der Waals surface area contributed by atoms with E-state index in [1.54, 1.807) is 0 Å². The van der Waals surface area contributed by atoms with Crippen LogP contribution in [0.3, 0.4) is 0 Å². The van der Waals surface area contributed by atoms with E-state index >= 15 is 0 Å². The maximum absolute atomic E-state index is 12.8. The van der Waals surface area contributed by atoms with Gasteiger partial charge in [-0.3, -0.25) is 9.59 Å². The molecule has 2 rings (SSSR count). The van der Waals surface area contributed by atoms with E-state index in [9.17, 15) is 22.8 Å². The zero-order chi connectivity index (χ0) is 24.3. The van der Waals surface area contributed by atoms with Crippen LogP contribution >= 0.6 is 15.9 Å². The predicted octanol–water partition coefficient (Wildman–Crippen LogP) is 3.39. The van der Waals surface area contributed by atoms with Crippen molar-refractivity contribution in [1.29, 1.82) is 0 Å². The molecule has 0 bridgehead atoms. The van der Waals surface area contributed by atoms with Crippen LogP contribution in [0.1, 0.15) is 37.0 Å². The topological polar surface area (TPSA) is 90.0 Å². The maximum atomic E-state index is 12.8. The minimum absolute atomic E-state index is 0.00117. The number of carboxylic acid groups (broad SMARTS) is 1. The lowest BCUT2D eigenvalue weighted by Gasteiger charge is -2.29. The van der Waals surface area contributed by atoms with Crippen molar-refractivity contribution in [1.82, 2.24) is 15.1 Å². The first-order chi connectivity index (χ1) is 14.9. The van der Waals surface area contributed by atoms with Crippen molar-refractivity contribution < 1.29 is 32.7 Å². The van der Waals surface area contributed by atoms with Gasteiger partial charge in [-0.2, -0.15) is 13.2 Å². The fourth-order valence-electron chi connectivity index (χ4n) is 2.81. The Hall–Kier alpha value is -2.14. The number of halogens is 4. The van der Waals surface area contributed by atoms with Crippen LogP contribution in [-0.4, -0.2) is 78.1 Å². The molecule has 7 nitrogen and oxygen atoms in total. The summed E-state index contributed by atoms with van der Waals surface area (Å²) in [6, 6.07) is 7.40. The predicted molar refractivity (Wildman–Crippen MR) is 117 cm³/mol. The van der Waals surface area contributed by atoms with Gasteiger partial charge in [-0.15, -0.1) is 0 Å². The van der Waals surface area contributed by atoms with Gasteiger partial charge in [0.05, 0.1) is 0 Å². The van der Waals surface area contributed by atoms with Gasteiger partial charge in [0.25, 0.3) is 5.91 Å². The van der Waals surface area contributed by atoms with Crippen LogP contribution in [0.4, 0.5) is 13.2 Å². The van der Waals surface area contributed by atoms with Gasteiger partial charge in [-0.05, 0) is 36.6 Å². The Balaban J connectivity index is 0.000000633. The van der Waals surface area contributed by atoms with Gasteiger partial charge in [0, 0.05) is 55.7 Å². The number of hydrogen-bond donors (Lipinski definition) is 2. The number of benzene rings is 1. The van der Waals surface area contributed by atoms with E-state index in [0.29, 0.717) is 31.0 Å². The number of piperazine rings is 1. The molecule has 11 heteroatoms. The van der Waals surface area contributed by atoms with Gasteiger partial charge in [-0.25, -0.2) is 4.79 Å². The van der Waals surface area contributed by atoms with E-state index in [1.807, 2.05) is 34.1 Å². The first-order valence-electron chi connectivity index (χ1n) is 10.2. The standard InChI is InChI=1S/C19H28BrN3O2.C2HF3O2/c1-15(2)7-11-23(19(25)16-3-5-17(20)6-4-16)12-8-18(24)22-13-9-21-10-14-22;3-2(4,5)1(6)7/h3-6,15,21H,7-14H2,1-2H3;(H,6,7). The molecular formula is C21H29BrF3N3O4. The number of nitrogens with zero attached hydrogens (tertiary/aromatic N) is 2. The van der Waals surface area contributed by atoms with Crippen LogP contribution in [0.25, 0.3) is 0 Å². The molecule has 0 aliphatic carbocycles. The normalized spacial score (nSPS) is 13.9. The number of carboxylic acids is 1. The average Bonchev–Trinajstić information content (AvgIpc) is 2.74. The van der Waals surface area contributed by atoms with Crippen molar-refractivity contribution in [3.63, 3.8) is 0 Å². The van der Waals surface area contributed by atoms with Crippen LogP contribution in [0.15, 0.2) is 28.7 Å². The van der Waals surface area contributed by atoms with Crippen molar-refractivity contribution in [2.24, 2.45) is 5.92 Å². The summed E-state index contributed by atoms with van der Waals surface area (Å²) < 4.78 is 32.7. The Morgan fingerprint density at radius 1 is 1.12 bits per heavy atom. The molecule has 0 spiro atoms. The molecule has 1 aromatic rings. The van der Waals surface area contributed by atoms with Crippen LogP contribution in [0, 0.1) is 5.92 Å². The van der Waals surface area contributed by atoms with E-state index in [0.717, 1.165) is 37.1 Å². The van der Waals surface area contributed by atoms with Gasteiger partial charge in [0.15, 0.2) is 0 Å². The Morgan fingerprint density at radius 2 is 1.66 bits per heavy atom.